The molecule has 0 amide bonds. The van der Waals surface area contributed by atoms with Crippen molar-refractivity contribution in [2.45, 2.75) is 26.3 Å². The molecule has 1 aromatic rings. The van der Waals surface area contributed by atoms with Gasteiger partial charge in [0.05, 0.1) is 12.3 Å². The summed E-state index contributed by atoms with van der Waals surface area (Å²) in [5, 5.41) is 3.44. The van der Waals surface area contributed by atoms with E-state index in [-0.39, 0.29) is 0 Å². The fourth-order valence-corrected chi connectivity index (χ4v) is 2.14. The van der Waals surface area contributed by atoms with Gasteiger partial charge in [0, 0.05) is 23.0 Å². The van der Waals surface area contributed by atoms with Gasteiger partial charge in [0.25, 0.3) is 0 Å². The second-order valence-electron chi connectivity index (χ2n) is 4.32. The van der Waals surface area contributed by atoms with Crippen molar-refractivity contribution >= 4 is 21.7 Å². The fraction of sp³-hybridized carbons (Fsp3) is 0.583. The zero-order valence-electron chi connectivity index (χ0n) is 9.66. The highest BCUT2D eigenvalue weighted by Crippen LogP contribution is 2.21. The first-order chi connectivity index (χ1) is 7.66. The van der Waals surface area contributed by atoms with Crippen molar-refractivity contribution in [3.8, 4) is 0 Å². The Kier molecular flexibility index (Phi) is 3.82. The van der Waals surface area contributed by atoms with Gasteiger partial charge in [-0.15, -0.1) is 0 Å². The normalized spacial score (nSPS) is 22.1. The van der Waals surface area contributed by atoms with Crippen LogP contribution in [0.2, 0.25) is 0 Å². The van der Waals surface area contributed by atoms with E-state index in [1.807, 2.05) is 19.1 Å². The van der Waals surface area contributed by atoms with Crippen molar-refractivity contribution in [3.63, 3.8) is 0 Å². The van der Waals surface area contributed by atoms with E-state index >= 15 is 0 Å². The quantitative estimate of drug-likeness (QED) is 0.927. The van der Waals surface area contributed by atoms with E-state index in [1.54, 1.807) is 0 Å². The smallest absolute Gasteiger partial charge is 0.126 e. The number of halogens is 1. The summed E-state index contributed by atoms with van der Waals surface area (Å²) < 4.78 is 6.44. The summed E-state index contributed by atoms with van der Waals surface area (Å²) in [5.41, 5.74) is 1.01. The van der Waals surface area contributed by atoms with E-state index in [4.69, 9.17) is 4.74 Å². The monoisotopic (exact) mass is 284 g/mol. The van der Waals surface area contributed by atoms with Crippen molar-refractivity contribution in [1.29, 1.82) is 0 Å². The Morgan fingerprint density at radius 2 is 2.38 bits per heavy atom. The summed E-state index contributed by atoms with van der Waals surface area (Å²) in [6.45, 7) is 5.95. The van der Waals surface area contributed by atoms with Crippen molar-refractivity contribution in [2.24, 2.45) is 5.92 Å². The Balaban J connectivity index is 1.99. The van der Waals surface area contributed by atoms with Crippen LogP contribution in [0.1, 0.15) is 19.0 Å². The van der Waals surface area contributed by atoms with E-state index in [0.717, 1.165) is 35.6 Å². The Labute approximate surface area is 105 Å². The van der Waals surface area contributed by atoms with E-state index < -0.39 is 0 Å². The number of anilines is 1. The summed E-state index contributed by atoms with van der Waals surface area (Å²) in [5.74, 6) is 1.55. The zero-order chi connectivity index (χ0) is 11.5. The highest BCUT2D eigenvalue weighted by atomic mass is 79.9. The van der Waals surface area contributed by atoms with Crippen LogP contribution in [0.15, 0.2) is 16.6 Å². The minimum Gasteiger partial charge on any atom is -0.381 e. The van der Waals surface area contributed by atoms with E-state index in [1.165, 1.54) is 0 Å². The fourth-order valence-electron chi connectivity index (χ4n) is 1.92. The van der Waals surface area contributed by atoms with Crippen LogP contribution in [0.3, 0.4) is 0 Å². The summed E-state index contributed by atoms with van der Waals surface area (Å²) in [4.78, 5) is 4.49. The average molecular weight is 285 g/mol. The van der Waals surface area contributed by atoms with Crippen LogP contribution < -0.4 is 5.32 Å². The first-order valence-electron chi connectivity index (χ1n) is 5.64. The van der Waals surface area contributed by atoms with Crippen LogP contribution in [0.5, 0.6) is 0 Å². The number of ether oxygens (including phenoxy) is 1. The molecule has 0 saturated carbocycles. The highest BCUT2D eigenvalue weighted by Gasteiger charge is 2.22. The lowest BCUT2D eigenvalue weighted by Crippen LogP contribution is -2.26. The third kappa shape index (κ3) is 2.74. The van der Waals surface area contributed by atoms with Crippen LogP contribution in [-0.4, -0.2) is 24.2 Å². The Hall–Kier alpha value is -0.610. The van der Waals surface area contributed by atoms with Gasteiger partial charge in [0.1, 0.15) is 5.82 Å². The number of hydrogen-bond acceptors (Lipinski definition) is 3. The lowest BCUT2D eigenvalue weighted by molar-refractivity contribution is 0.183. The van der Waals surface area contributed by atoms with Crippen molar-refractivity contribution in [2.75, 3.05) is 18.5 Å². The standard InChI is InChI=1S/C12H17BrN2O/c1-8(10-5-6-16-7-10)14-12-4-3-11(13)9(2)15-12/h3-4,8,10H,5-7H2,1-2H3,(H,14,15)/t8-,10-/m0/s1. The van der Waals surface area contributed by atoms with Gasteiger partial charge in [0.2, 0.25) is 0 Å². The molecule has 16 heavy (non-hydrogen) atoms. The van der Waals surface area contributed by atoms with Gasteiger partial charge >= 0.3 is 0 Å². The van der Waals surface area contributed by atoms with Gasteiger partial charge in [-0.25, -0.2) is 4.98 Å². The third-order valence-corrected chi connectivity index (χ3v) is 3.91. The largest absolute Gasteiger partial charge is 0.381 e. The minimum absolute atomic E-state index is 0.413. The molecular weight excluding hydrogens is 268 g/mol. The molecule has 1 saturated heterocycles. The van der Waals surface area contributed by atoms with Crippen LogP contribution in [0.4, 0.5) is 5.82 Å². The molecule has 3 nitrogen and oxygen atoms in total. The van der Waals surface area contributed by atoms with Crippen LogP contribution in [-0.2, 0) is 4.74 Å². The molecule has 4 heteroatoms. The second-order valence-corrected chi connectivity index (χ2v) is 5.17. The molecule has 1 aromatic heterocycles. The summed E-state index contributed by atoms with van der Waals surface area (Å²) in [7, 11) is 0. The molecule has 0 aromatic carbocycles. The molecule has 88 valence electrons. The first kappa shape index (κ1) is 11.9. The van der Waals surface area contributed by atoms with Crippen LogP contribution in [0.25, 0.3) is 0 Å². The minimum atomic E-state index is 0.413. The van der Waals surface area contributed by atoms with Gasteiger partial charge in [-0.1, -0.05) is 0 Å². The molecule has 0 unspecified atom stereocenters. The van der Waals surface area contributed by atoms with Gasteiger partial charge in [-0.05, 0) is 48.3 Å². The summed E-state index contributed by atoms with van der Waals surface area (Å²) in [6.07, 6.45) is 1.14. The van der Waals surface area contributed by atoms with Crippen molar-refractivity contribution < 1.29 is 4.74 Å². The zero-order valence-corrected chi connectivity index (χ0v) is 11.3. The molecule has 1 aliphatic heterocycles. The van der Waals surface area contributed by atoms with Gasteiger partial charge in [-0.2, -0.15) is 0 Å². The maximum absolute atomic E-state index is 5.39. The van der Waals surface area contributed by atoms with E-state index in [9.17, 15) is 0 Å². The summed E-state index contributed by atoms with van der Waals surface area (Å²) in [6, 6.07) is 4.45. The Bertz CT molecular complexity index is 364. The van der Waals surface area contributed by atoms with Gasteiger partial charge < -0.3 is 10.1 Å². The third-order valence-electron chi connectivity index (χ3n) is 3.07. The maximum Gasteiger partial charge on any atom is 0.126 e. The topological polar surface area (TPSA) is 34.2 Å². The predicted octanol–water partition coefficient (Wildman–Crippen LogP) is 2.99. The molecule has 1 aliphatic rings. The van der Waals surface area contributed by atoms with Crippen LogP contribution >= 0.6 is 15.9 Å². The molecule has 2 atom stereocenters. The van der Waals surface area contributed by atoms with E-state index in [0.29, 0.717) is 12.0 Å². The number of aryl methyl sites for hydroxylation is 1. The number of nitrogens with one attached hydrogen (secondary N) is 1. The highest BCUT2D eigenvalue weighted by molar-refractivity contribution is 9.10. The average Bonchev–Trinajstić information content (AvgIpc) is 2.77. The lowest BCUT2D eigenvalue weighted by Gasteiger charge is -2.20. The Morgan fingerprint density at radius 3 is 3.00 bits per heavy atom. The molecule has 1 fully saturated rings. The first-order valence-corrected chi connectivity index (χ1v) is 6.43. The number of nitrogens with zero attached hydrogens (tertiary/aromatic N) is 1. The van der Waals surface area contributed by atoms with Crippen LogP contribution in [0, 0.1) is 12.8 Å². The van der Waals surface area contributed by atoms with E-state index in [2.05, 4.69) is 33.2 Å². The van der Waals surface area contributed by atoms with Gasteiger partial charge in [-0.3, -0.25) is 0 Å². The second kappa shape index (κ2) is 5.15. The van der Waals surface area contributed by atoms with Gasteiger partial charge in [0.15, 0.2) is 0 Å². The van der Waals surface area contributed by atoms with Crippen molar-refractivity contribution in [1.82, 2.24) is 4.98 Å². The summed E-state index contributed by atoms with van der Waals surface area (Å²) >= 11 is 3.45. The molecule has 0 aliphatic carbocycles. The molecule has 1 N–H and O–H groups in total. The number of pyridine rings is 1. The number of hydrogen-bond donors (Lipinski definition) is 1. The molecule has 2 heterocycles. The number of rotatable bonds is 3. The molecule has 0 bridgehead atoms. The molecule has 0 radical (unpaired) electrons. The number of aromatic nitrogens is 1. The molecule has 0 spiro atoms. The maximum atomic E-state index is 5.39. The SMILES string of the molecule is Cc1nc(N[C@@H](C)[C@H]2CCOC2)ccc1Br. The molecular formula is C12H17BrN2O. The Morgan fingerprint density at radius 1 is 1.56 bits per heavy atom. The van der Waals surface area contributed by atoms with Crippen molar-refractivity contribution in [3.05, 3.63) is 22.3 Å². The molecule has 2 rings (SSSR count). The lowest BCUT2D eigenvalue weighted by atomic mass is 10.0. The predicted molar refractivity (Wildman–Crippen MR) is 68.7 cm³/mol.